The second-order valence-electron chi connectivity index (χ2n) is 3.68. The number of anilines is 1. The fourth-order valence-electron chi connectivity index (χ4n) is 1.89. The van der Waals surface area contributed by atoms with Crippen LogP contribution < -0.4 is 10.0 Å². The van der Waals surface area contributed by atoms with Gasteiger partial charge in [-0.3, -0.25) is 4.31 Å². The predicted molar refractivity (Wildman–Crippen MR) is 60.0 cm³/mol. The Morgan fingerprint density at radius 1 is 1.44 bits per heavy atom. The molecule has 2 N–H and O–H groups in total. The van der Waals surface area contributed by atoms with Gasteiger partial charge in [-0.15, -0.1) is 0 Å². The van der Waals surface area contributed by atoms with E-state index in [0.29, 0.717) is 18.7 Å². The number of hydrogen-bond donors (Lipinski definition) is 1. The molecular formula is C10H13FN2O2S. The second kappa shape index (κ2) is 4.03. The third-order valence-corrected chi connectivity index (χ3v) is 4.52. The van der Waals surface area contributed by atoms with Crippen LogP contribution in [0.1, 0.15) is 12.0 Å². The summed E-state index contributed by atoms with van der Waals surface area (Å²) in [6, 6.07) is 4.38. The van der Waals surface area contributed by atoms with Crippen LogP contribution in [0.5, 0.6) is 0 Å². The molecule has 1 saturated heterocycles. The molecule has 0 atom stereocenters. The minimum atomic E-state index is -3.28. The molecule has 4 nitrogen and oxygen atoms in total. The van der Waals surface area contributed by atoms with Gasteiger partial charge in [0.15, 0.2) is 0 Å². The third-order valence-electron chi connectivity index (χ3n) is 2.67. The summed E-state index contributed by atoms with van der Waals surface area (Å²) in [5.74, 6) is -0.338. The number of nitrogens with two attached hydrogens (primary N) is 1. The number of halogens is 1. The molecule has 0 amide bonds. The molecule has 2 rings (SSSR count). The van der Waals surface area contributed by atoms with Crippen LogP contribution in [-0.4, -0.2) is 20.7 Å². The van der Waals surface area contributed by atoms with Crippen molar-refractivity contribution in [3.8, 4) is 0 Å². The van der Waals surface area contributed by atoms with Gasteiger partial charge in [0.1, 0.15) is 5.82 Å². The highest BCUT2D eigenvalue weighted by Crippen LogP contribution is 2.28. The van der Waals surface area contributed by atoms with Crippen LogP contribution >= 0.6 is 0 Å². The van der Waals surface area contributed by atoms with Crippen molar-refractivity contribution in [2.45, 2.75) is 13.0 Å². The summed E-state index contributed by atoms with van der Waals surface area (Å²) in [5.41, 5.74) is 6.08. The summed E-state index contributed by atoms with van der Waals surface area (Å²) >= 11 is 0. The molecule has 1 aromatic carbocycles. The van der Waals surface area contributed by atoms with Crippen LogP contribution in [0.25, 0.3) is 0 Å². The number of rotatable bonds is 2. The van der Waals surface area contributed by atoms with Gasteiger partial charge >= 0.3 is 0 Å². The van der Waals surface area contributed by atoms with Crippen molar-refractivity contribution < 1.29 is 12.8 Å². The first-order valence-corrected chi connectivity index (χ1v) is 6.65. The molecule has 0 aromatic heterocycles. The van der Waals surface area contributed by atoms with Gasteiger partial charge in [-0.1, -0.05) is 6.07 Å². The average Bonchev–Trinajstić information content (AvgIpc) is 2.57. The monoisotopic (exact) mass is 244 g/mol. The Morgan fingerprint density at radius 2 is 2.19 bits per heavy atom. The van der Waals surface area contributed by atoms with Crippen molar-refractivity contribution in [3.63, 3.8) is 0 Å². The number of sulfonamides is 1. The third kappa shape index (κ3) is 1.78. The second-order valence-corrected chi connectivity index (χ2v) is 5.70. The average molecular weight is 244 g/mol. The molecule has 16 heavy (non-hydrogen) atoms. The molecule has 0 unspecified atom stereocenters. The molecule has 1 aliphatic rings. The molecule has 0 spiro atoms. The van der Waals surface area contributed by atoms with Gasteiger partial charge < -0.3 is 5.73 Å². The molecule has 0 bridgehead atoms. The molecule has 1 aromatic rings. The van der Waals surface area contributed by atoms with Gasteiger partial charge in [-0.2, -0.15) is 0 Å². The van der Waals surface area contributed by atoms with Gasteiger partial charge in [0.2, 0.25) is 10.0 Å². The Kier molecular flexibility index (Phi) is 2.86. The molecule has 1 aliphatic heterocycles. The lowest BCUT2D eigenvalue weighted by molar-refractivity contribution is 0.597. The normalized spacial score (nSPS) is 19.0. The Bertz CT molecular complexity index is 502. The fraction of sp³-hybridized carbons (Fsp3) is 0.400. The molecule has 1 fully saturated rings. The van der Waals surface area contributed by atoms with Gasteiger partial charge in [0, 0.05) is 18.7 Å². The summed E-state index contributed by atoms with van der Waals surface area (Å²) in [7, 11) is -3.28. The van der Waals surface area contributed by atoms with Crippen LogP contribution in [0.2, 0.25) is 0 Å². The summed E-state index contributed by atoms with van der Waals surface area (Å²) in [6.45, 7) is 0.396. The van der Waals surface area contributed by atoms with E-state index in [9.17, 15) is 12.8 Å². The first kappa shape index (κ1) is 11.3. The maximum absolute atomic E-state index is 13.5. The van der Waals surface area contributed by atoms with E-state index in [1.54, 1.807) is 6.07 Å². The van der Waals surface area contributed by atoms with Crippen molar-refractivity contribution in [1.29, 1.82) is 0 Å². The minimum absolute atomic E-state index is 0.00593. The summed E-state index contributed by atoms with van der Waals surface area (Å²) in [6.07, 6.45) is 0.572. The van der Waals surface area contributed by atoms with Crippen molar-refractivity contribution in [2.24, 2.45) is 5.73 Å². The molecule has 88 valence electrons. The van der Waals surface area contributed by atoms with E-state index in [4.69, 9.17) is 5.73 Å². The van der Waals surface area contributed by atoms with Gasteiger partial charge in [-0.05, 0) is 18.6 Å². The van der Waals surface area contributed by atoms with Crippen LogP contribution in [0.3, 0.4) is 0 Å². The van der Waals surface area contributed by atoms with E-state index in [-0.39, 0.29) is 17.9 Å². The summed E-state index contributed by atoms with van der Waals surface area (Å²) in [4.78, 5) is 0. The molecule has 0 radical (unpaired) electrons. The number of nitrogens with zero attached hydrogens (tertiary/aromatic N) is 1. The van der Waals surface area contributed by atoms with Crippen LogP contribution in [0.4, 0.5) is 10.1 Å². The largest absolute Gasteiger partial charge is 0.326 e. The van der Waals surface area contributed by atoms with E-state index in [1.807, 2.05) is 0 Å². The van der Waals surface area contributed by atoms with E-state index in [0.717, 1.165) is 0 Å². The van der Waals surface area contributed by atoms with Crippen molar-refractivity contribution in [2.75, 3.05) is 16.6 Å². The van der Waals surface area contributed by atoms with Crippen molar-refractivity contribution in [3.05, 3.63) is 29.6 Å². The highest BCUT2D eigenvalue weighted by atomic mass is 32.2. The van der Waals surface area contributed by atoms with Gasteiger partial charge in [0.05, 0.1) is 11.4 Å². The maximum Gasteiger partial charge on any atom is 0.235 e. The smallest absolute Gasteiger partial charge is 0.235 e. The van der Waals surface area contributed by atoms with E-state index in [1.165, 1.54) is 16.4 Å². The molecule has 1 heterocycles. The Morgan fingerprint density at radius 3 is 2.75 bits per heavy atom. The van der Waals surface area contributed by atoms with E-state index < -0.39 is 15.8 Å². The SMILES string of the molecule is NCc1c(F)cccc1N1CCCS1(=O)=O. The zero-order valence-corrected chi connectivity index (χ0v) is 9.50. The lowest BCUT2D eigenvalue weighted by atomic mass is 10.1. The lowest BCUT2D eigenvalue weighted by Gasteiger charge is -2.20. The first-order chi connectivity index (χ1) is 7.56. The molecule has 6 heteroatoms. The highest BCUT2D eigenvalue weighted by Gasteiger charge is 2.30. The van der Waals surface area contributed by atoms with Crippen LogP contribution in [-0.2, 0) is 16.6 Å². The zero-order valence-electron chi connectivity index (χ0n) is 8.69. The topological polar surface area (TPSA) is 63.4 Å². The Labute approximate surface area is 93.9 Å². The van der Waals surface area contributed by atoms with E-state index in [2.05, 4.69) is 0 Å². The fourth-order valence-corrected chi connectivity index (χ4v) is 3.49. The van der Waals surface area contributed by atoms with Crippen LogP contribution in [0.15, 0.2) is 18.2 Å². The zero-order chi connectivity index (χ0) is 11.8. The minimum Gasteiger partial charge on any atom is -0.326 e. The number of benzene rings is 1. The summed E-state index contributed by atoms with van der Waals surface area (Å²) < 4.78 is 38.1. The van der Waals surface area contributed by atoms with Crippen molar-refractivity contribution in [1.82, 2.24) is 0 Å². The predicted octanol–water partition coefficient (Wildman–Crippen LogP) is 0.824. The van der Waals surface area contributed by atoms with Crippen molar-refractivity contribution >= 4 is 15.7 Å². The van der Waals surface area contributed by atoms with Gasteiger partial charge in [-0.25, -0.2) is 12.8 Å². The molecule has 0 saturated carbocycles. The van der Waals surface area contributed by atoms with E-state index >= 15 is 0 Å². The summed E-state index contributed by atoms with van der Waals surface area (Å²) in [5, 5.41) is 0. The Hall–Kier alpha value is -1.14. The standard InChI is InChI=1S/C10H13FN2O2S/c11-9-3-1-4-10(8(9)7-12)13-5-2-6-16(13,14)15/h1,3-4H,2,5-7,12H2. The quantitative estimate of drug-likeness (QED) is 0.838. The lowest BCUT2D eigenvalue weighted by Crippen LogP contribution is -2.27. The van der Waals surface area contributed by atoms with Crippen LogP contribution in [0, 0.1) is 5.82 Å². The maximum atomic E-state index is 13.5. The molecule has 0 aliphatic carbocycles. The first-order valence-electron chi connectivity index (χ1n) is 5.04. The number of hydrogen-bond acceptors (Lipinski definition) is 3. The molecular weight excluding hydrogens is 231 g/mol. The van der Waals surface area contributed by atoms with Gasteiger partial charge in [0.25, 0.3) is 0 Å². The highest BCUT2D eigenvalue weighted by molar-refractivity contribution is 7.93. The Balaban J connectivity index is 2.52.